The van der Waals surface area contributed by atoms with E-state index in [4.69, 9.17) is 27.9 Å². The first-order chi connectivity index (χ1) is 15.8. The van der Waals surface area contributed by atoms with Gasteiger partial charge < -0.3 is 4.74 Å². The average Bonchev–Trinajstić information content (AvgIpc) is 3.20. The molecule has 1 aliphatic heterocycles. The minimum absolute atomic E-state index is 0.231. The van der Waals surface area contributed by atoms with Gasteiger partial charge in [-0.25, -0.2) is 14.6 Å². The fourth-order valence-electron chi connectivity index (χ4n) is 3.86. The summed E-state index contributed by atoms with van der Waals surface area (Å²) in [6, 6.07) is 22.8. The Morgan fingerprint density at radius 1 is 0.939 bits per heavy atom. The quantitative estimate of drug-likeness (QED) is 0.436. The van der Waals surface area contributed by atoms with Gasteiger partial charge in [0.1, 0.15) is 0 Å². The van der Waals surface area contributed by atoms with Crippen molar-refractivity contribution in [2.24, 2.45) is 5.10 Å². The van der Waals surface area contributed by atoms with E-state index in [0.29, 0.717) is 21.4 Å². The van der Waals surface area contributed by atoms with Gasteiger partial charge in [-0.1, -0.05) is 65.7 Å². The van der Waals surface area contributed by atoms with E-state index in [1.165, 1.54) is 12.1 Å². The molecule has 0 spiro atoms. The molecule has 0 N–H and O–H groups in total. The highest BCUT2D eigenvalue weighted by Crippen LogP contribution is 2.36. The molecule has 8 heteroatoms. The van der Waals surface area contributed by atoms with Crippen molar-refractivity contribution in [1.29, 1.82) is 0 Å². The summed E-state index contributed by atoms with van der Waals surface area (Å²) in [5.41, 5.74) is 2.22. The number of hydrogen-bond acceptors (Lipinski definition) is 4. The van der Waals surface area contributed by atoms with Crippen molar-refractivity contribution in [2.75, 3.05) is 18.6 Å². The molecule has 1 aliphatic rings. The van der Waals surface area contributed by atoms with Gasteiger partial charge in [-0.2, -0.15) is 10.0 Å². The van der Waals surface area contributed by atoms with Crippen LogP contribution in [0, 0.1) is 0 Å². The van der Waals surface area contributed by atoms with Crippen molar-refractivity contribution in [3.63, 3.8) is 0 Å². The molecule has 0 saturated carbocycles. The molecule has 4 rings (SSSR count). The zero-order valence-electron chi connectivity index (χ0n) is 18.0. The second kappa shape index (κ2) is 9.25. The number of benzene rings is 3. The van der Waals surface area contributed by atoms with E-state index < -0.39 is 17.5 Å². The summed E-state index contributed by atoms with van der Waals surface area (Å²) in [6.07, 6.45) is -0.820. The molecule has 0 fully saturated rings. The zero-order valence-corrected chi connectivity index (χ0v) is 19.5. The lowest BCUT2D eigenvalue weighted by atomic mass is 9.76. The molecule has 0 radical (unpaired) electrons. The first-order valence-electron chi connectivity index (χ1n) is 10.2. The van der Waals surface area contributed by atoms with Crippen LogP contribution in [0.3, 0.4) is 0 Å². The van der Waals surface area contributed by atoms with Crippen molar-refractivity contribution in [1.82, 2.24) is 5.01 Å². The minimum atomic E-state index is -0.820. The molecule has 0 aliphatic carbocycles. The van der Waals surface area contributed by atoms with Gasteiger partial charge in [0.15, 0.2) is 0 Å². The Kier molecular flexibility index (Phi) is 6.40. The molecule has 1 heterocycles. The summed E-state index contributed by atoms with van der Waals surface area (Å²) >= 11 is 12.1. The Morgan fingerprint density at radius 2 is 1.52 bits per heavy atom. The van der Waals surface area contributed by atoms with Gasteiger partial charge in [-0.3, -0.25) is 0 Å². The highest BCUT2D eigenvalue weighted by atomic mass is 35.5. The fraction of sp³-hybridized carbons (Fsp3) is 0.160. The van der Waals surface area contributed by atoms with Gasteiger partial charge in [0, 0.05) is 10.0 Å². The normalized spacial score (nSPS) is 17.5. The van der Waals surface area contributed by atoms with Crippen LogP contribution in [0.2, 0.25) is 10.0 Å². The third-order valence-electron chi connectivity index (χ3n) is 5.59. The smallest absolute Gasteiger partial charge is 0.422 e. The molecule has 3 amide bonds. The van der Waals surface area contributed by atoms with Crippen LogP contribution in [-0.4, -0.2) is 36.5 Å². The highest BCUT2D eigenvalue weighted by molar-refractivity contribution is 6.31. The number of carbonyl (C=O) groups excluding carboxylic acids is 2. The molecule has 1 atom stereocenters. The number of rotatable bonds is 3. The predicted molar refractivity (Wildman–Crippen MR) is 130 cm³/mol. The largest absolute Gasteiger partial charge is 0.452 e. The molecule has 3 aromatic carbocycles. The van der Waals surface area contributed by atoms with Crippen LogP contribution in [0.4, 0.5) is 15.3 Å². The Hall–Kier alpha value is -3.35. The second-order valence-electron chi connectivity index (χ2n) is 7.78. The summed E-state index contributed by atoms with van der Waals surface area (Å²) < 4.78 is 4.88. The van der Waals surface area contributed by atoms with E-state index >= 15 is 0 Å². The van der Waals surface area contributed by atoms with Gasteiger partial charge in [0.05, 0.1) is 30.5 Å². The van der Waals surface area contributed by atoms with E-state index in [-0.39, 0.29) is 6.54 Å². The number of nitrogens with zero attached hydrogens (tertiary/aromatic N) is 3. The molecule has 33 heavy (non-hydrogen) atoms. The number of halogens is 2. The molecule has 6 nitrogen and oxygen atoms in total. The lowest BCUT2D eigenvalue weighted by Crippen LogP contribution is -2.46. The van der Waals surface area contributed by atoms with Crippen LogP contribution in [-0.2, 0) is 10.2 Å². The van der Waals surface area contributed by atoms with E-state index in [1.807, 2.05) is 49.4 Å². The molecule has 1 unspecified atom stereocenters. The third kappa shape index (κ3) is 4.45. The molecule has 0 bridgehead atoms. The molecular formula is C25H21Cl2N3O3. The van der Waals surface area contributed by atoms with Crippen LogP contribution in [0.25, 0.3) is 0 Å². The van der Waals surface area contributed by atoms with E-state index in [9.17, 15) is 9.59 Å². The Bertz CT molecular complexity index is 1200. The molecular weight excluding hydrogens is 461 g/mol. The summed E-state index contributed by atoms with van der Waals surface area (Å²) in [7, 11) is 1.22. The molecule has 0 saturated heterocycles. The van der Waals surface area contributed by atoms with Gasteiger partial charge in [-0.05, 0) is 54.4 Å². The van der Waals surface area contributed by atoms with E-state index in [2.05, 4.69) is 5.10 Å². The molecule has 3 aromatic rings. The van der Waals surface area contributed by atoms with Crippen molar-refractivity contribution in [2.45, 2.75) is 12.3 Å². The lowest BCUT2D eigenvalue weighted by molar-refractivity contribution is 0.171. The van der Waals surface area contributed by atoms with Crippen molar-refractivity contribution in [3.8, 4) is 0 Å². The number of hydrazone groups is 1. The summed E-state index contributed by atoms with van der Waals surface area (Å²) in [4.78, 5) is 27.1. The van der Waals surface area contributed by atoms with Crippen LogP contribution >= 0.6 is 23.2 Å². The number of imide groups is 1. The maximum atomic E-state index is 13.6. The highest BCUT2D eigenvalue weighted by Gasteiger charge is 2.44. The van der Waals surface area contributed by atoms with Gasteiger partial charge in [-0.15, -0.1) is 0 Å². The van der Waals surface area contributed by atoms with Gasteiger partial charge in [0.2, 0.25) is 0 Å². The number of anilines is 1. The number of urea groups is 1. The first kappa shape index (κ1) is 22.8. The number of carbonyl (C=O) groups is 2. The number of ether oxygens (including phenoxy) is 1. The summed E-state index contributed by atoms with van der Waals surface area (Å²) in [6.45, 7) is 2.25. The second-order valence-corrected chi connectivity index (χ2v) is 8.65. The SMILES string of the molecule is COC(=O)N(C(=O)N1CC(C)(c2ccccc2)C(c2ccc(Cl)cc2)=N1)c1ccc(Cl)cc1. The lowest BCUT2D eigenvalue weighted by Gasteiger charge is -2.28. The minimum Gasteiger partial charge on any atom is -0.452 e. The van der Waals surface area contributed by atoms with Crippen molar-refractivity contribution < 1.29 is 14.3 Å². The average molecular weight is 482 g/mol. The standard InChI is InChI=1S/C25H21Cl2N3O3/c1-25(18-6-4-3-5-7-18)16-29(28-22(25)17-8-10-19(26)11-9-17)23(31)30(24(32)33-2)21-14-12-20(27)13-15-21/h3-15H,16H2,1-2H3. The zero-order chi connectivity index (χ0) is 23.6. The maximum Gasteiger partial charge on any atom is 0.422 e. The topological polar surface area (TPSA) is 62.2 Å². The van der Waals surface area contributed by atoms with Crippen LogP contribution in [0.5, 0.6) is 0 Å². The van der Waals surface area contributed by atoms with Crippen LogP contribution < -0.4 is 4.90 Å². The van der Waals surface area contributed by atoms with Crippen molar-refractivity contribution >= 4 is 46.7 Å². The summed E-state index contributed by atoms with van der Waals surface area (Å²) in [5, 5.41) is 7.06. The molecule has 0 aromatic heterocycles. The van der Waals surface area contributed by atoms with E-state index in [1.54, 1.807) is 36.4 Å². The Morgan fingerprint density at radius 3 is 2.09 bits per heavy atom. The first-order valence-corrected chi connectivity index (χ1v) is 10.9. The Balaban J connectivity index is 1.78. The third-order valence-corrected chi connectivity index (χ3v) is 6.10. The van der Waals surface area contributed by atoms with Crippen molar-refractivity contribution in [3.05, 3.63) is 100 Å². The number of amides is 3. The van der Waals surface area contributed by atoms with Crippen LogP contribution in [0.15, 0.2) is 84.0 Å². The monoisotopic (exact) mass is 481 g/mol. The van der Waals surface area contributed by atoms with Gasteiger partial charge in [0.25, 0.3) is 0 Å². The van der Waals surface area contributed by atoms with Crippen LogP contribution in [0.1, 0.15) is 18.1 Å². The summed E-state index contributed by atoms with van der Waals surface area (Å²) in [5.74, 6) is 0. The fourth-order valence-corrected chi connectivity index (χ4v) is 4.11. The Labute approximate surface area is 202 Å². The van der Waals surface area contributed by atoms with Gasteiger partial charge >= 0.3 is 12.1 Å². The van der Waals surface area contributed by atoms with E-state index in [0.717, 1.165) is 16.0 Å². The predicted octanol–water partition coefficient (Wildman–Crippen LogP) is 6.36. The number of hydrogen-bond donors (Lipinski definition) is 0. The molecule has 168 valence electrons. The number of methoxy groups -OCH3 is 1. The maximum absolute atomic E-state index is 13.6.